The summed E-state index contributed by atoms with van der Waals surface area (Å²) in [6.45, 7) is 3.76. The van der Waals surface area contributed by atoms with Crippen LogP contribution >= 0.6 is 0 Å². The van der Waals surface area contributed by atoms with Crippen LogP contribution in [0.5, 0.6) is 0 Å². The topological polar surface area (TPSA) is 46.5 Å². The van der Waals surface area contributed by atoms with E-state index >= 15 is 0 Å². The van der Waals surface area contributed by atoms with Crippen LogP contribution in [0.2, 0.25) is 0 Å². The molecule has 3 heteroatoms. The van der Waals surface area contributed by atoms with Gasteiger partial charge in [-0.3, -0.25) is 4.79 Å². The molecule has 0 bridgehead atoms. The summed E-state index contributed by atoms with van der Waals surface area (Å²) in [5, 5.41) is 8.95. The summed E-state index contributed by atoms with van der Waals surface area (Å²) < 4.78 is 5.71. The fourth-order valence-corrected chi connectivity index (χ4v) is 1.80. The monoisotopic (exact) mass is 214 g/mol. The largest absolute Gasteiger partial charge is 0.481 e. The van der Waals surface area contributed by atoms with Gasteiger partial charge in [0.2, 0.25) is 0 Å². The number of carbonyl (C=O) groups is 1. The van der Waals surface area contributed by atoms with Gasteiger partial charge in [0, 0.05) is 0 Å². The van der Waals surface area contributed by atoms with Gasteiger partial charge in [0.15, 0.2) is 0 Å². The van der Waals surface area contributed by atoms with Gasteiger partial charge in [-0.05, 0) is 26.7 Å². The summed E-state index contributed by atoms with van der Waals surface area (Å²) in [5.41, 5.74) is -0.758. The normalized spacial score (nSPS) is 19.9. The van der Waals surface area contributed by atoms with Crippen molar-refractivity contribution in [3.05, 3.63) is 0 Å². The predicted molar refractivity (Wildman–Crippen MR) is 58.9 cm³/mol. The molecule has 88 valence electrons. The first-order valence-corrected chi connectivity index (χ1v) is 5.87. The maximum Gasteiger partial charge on any atom is 0.311 e. The van der Waals surface area contributed by atoms with Crippen LogP contribution in [0.3, 0.4) is 0 Å². The van der Waals surface area contributed by atoms with Gasteiger partial charge in [-0.1, -0.05) is 25.7 Å². The highest BCUT2D eigenvalue weighted by Gasteiger charge is 2.28. The van der Waals surface area contributed by atoms with Crippen molar-refractivity contribution in [2.24, 2.45) is 5.41 Å². The quantitative estimate of drug-likeness (QED) is 0.732. The third-order valence-electron chi connectivity index (χ3n) is 3.06. The highest BCUT2D eigenvalue weighted by Crippen LogP contribution is 2.23. The molecule has 0 unspecified atom stereocenters. The van der Waals surface area contributed by atoms with Crippen LogP contribution in [-0.2, 0) is 9.53 Å². The molecule has 0 spiro atoms. The zero-order chi connectivity index (χ0) is 11.3. The highest BCUT2D eigenvalue weighted by atomic mass is 16.5. The second-order valence-electron chi connectivity index (χ2n) is 5.11. The zero-order valence-corrected chi connectivity index (χ0v) is 9.79. The molecule has 0 saturated heterocycles. The maximum absolute atomic E-state index is 10.9. The minimum absolute atomic E-state index is 0.283. The number of carboxylic acid groups (broad SMARTS) is 1. The van der Waals surface area contributed by atoms with E-state index < -0.39 is 11.4 Å². The molecule has 1 aliphatic rings. The summed E-state index contributed by atoms with van der Waals surface area (Å²) in [5.74, 6) is -0.781. The third kappa shape index (κ3) is 4.20. The Balaban J connectivity index is 2.31. The first-order chi connectivity index (χ1) is 7.02. The van der Waals surface area contributed by atoms with Crippen LogP contribution in [0, 0.1) is 5.41 Å². The van der Waals surface area contributed by atoms with Gasteiger partial charge < -0.3 is 9.84 Å². The van der Waals surface area contributed by atoms with E-state index in [1.165, 1.54) is 25.7 Å². The second-order valence-corrected chi connectivity index (χ2v) is 5.11. The SMILES string of the molecule is CC(C)(COC1CCCCCC1)C(=O)O. The van der Waals surface area contributed by atoms with E-state index in [1.54, 1.807) is 13.8 Å². The van der Waals surface area contributed by atoms with E-state index in [0.717, 1.165) is 12.8 Å². The zero-order valence-electron chi connectivity index (χ0n) is 9.79. The van der Waals surface area contributed by atoms with Gasteiger partial charge in [-0.25, -0.2) is 0 Å². The molecule has 1 saturated carbocycles. The molecule has 0 aromatic heterocycles. The predicted octanol–water partition coefficient (Wildman–Crippen LogP) is 2.84. The van der Waals surface area contributed by atoms with Crippen molar-refractivity contribution in [1.82, 2.24) is 0 Å². The molecule has 1 aliphatic carbocycles. The van der Waals surface area contributed by atoms with Crippen LogP contribution < -0.4 is 0 Å². The van der Waals surface area contributed by atoms with Crippen LogP contribution in [0.1, 0.15) is 52.4 Å². The van der Waals surface area contributed by atoms with Crippen LogP contribution in [0.25, 0.3) is 0 Å². The maximum atomic E-state index is 10.9. The molecule has 1 rings (SSSR count). The number of ether oxygens (including phenoxy) is 1. The molecular weight excluding hydrogens is 192 g/mol. The van der Waals surface area contributed by atoms with E-state index in [4.69, 9.17) is 9.84 Å². The smallest absolute Gasteiger partial charge is 0.311 e. The van der Waals surface area contributed by atoms with Crippen molar-refractivity contribution < 1.29 is 14.6 Å². The lowest BCUT2D eigenvalue weighted by molar-refractivity contribution is -0.151. The molecule has 0 aromatic rings. The van der Waals surface area contributed by atoms with Gasteiger partial charge in [0.1, 0.15) is 0 Å². The average Bonchev–Trinajstić information content (AvgIpc) is 2.42. The Hall–Kier alpha value is -0.570. The van der Waals surface area contributed by atoms with Crippen molar-refractivity contribution >= 4 is 5.97 Å². The number of hydrogen-bond donors (Lipinski definition) is 1. The Bertz CT molecular complexity index is 203. The molecular formula is C12H22O3. The number of aliphatic carboxylic acids is 1. The Morgan fingerprint density at radius 1 is 1.27 bits per heavy atom. The summed E-state index contributed by atoms with van der Waals surface area (Å²) >= 11 is 0. The average molecular weight is 214 g/mol. The van der Waals surface area contributed by atoms with E-state index in [0.29, 0.717) is 6.61 Å². The van der Waals surface area contributed by atoms with Crippen LogP contribution in [0.15, 0.2) is 0 Å². The van der Waals surface area contributed by atoms with Crippen molar-refractivity contribution in [2.45, 2.75) is 58.5 Å². The van der Waals surface area contributed by atoms with E-state index in [-0.39, 0.29) is 6.10 Å². The summed E-state index contributed by atoms with van der Waals surface area (Å²) in [4.78, 5) is 10.9. The Morgan fingerprint density at radius 2 is 1.80 bits per heavy atom. The lowest BCUT2D eigenvalue weighted by Gasteiger charge is -2.23. The standard InChI is InChI=1S/C12H22O3/c1-12(2,11(13)14)9-15-10-7-5-3-4-6-8-10/h10H,3-9H2,1-2H3,(H,13,14). The number of rotatable bonds is 4. The fourth-order valence-electron chi connectivity index (χ4n) is 1.80. The number of hydrogen-bond acceptors (Lipinski definition) is 2. The molecule has 0 radical (unpaired) electrons. The van der Waals surface area contributed by atoms with Gasteiger partial charge in [-0.15, -0.1) is 0 Å². The Morgan fingerprint density at radius 3 is 2.27 bits per heavy atom. The van der Waals surface area contributed by atoms with E-state index in [9.17, 15) is 4.79 Å². The highest BCUT2D eigenvalue weighted by molar-refractivity contribution is 5.73. The second kappa shape index (κ2) is 5.50. The van der Waals surface area contributed by atoms with Crippen molar-refractivity contribution in [2.75, 3.05) is 6.61 Å². The summed E-state index contributed by atoms with van der Waals surface area (Å²) in [6.07, 6.45) is 7.50. The minimum atomic E-state index is -0.781. The van der Waals surface area contributed by atoms with Crippen molar-refractivity contribution in [1.29, 1.82) is 0 Å². The lowest BCUT2D eigenvalue weighted by Crippen LogP contribution is -2.31. The van der Waals surface area contributed by atoms with E-state index in [2.05, 4.69) is 0 Å². The molecule has 15 heavy (non-hydrogen) atoms. The fraction of sp³-hybridized carbons (Fsp3) is 0.917. The van der Waals surface area contributed by atoms with Gasteiger partial charge in [0.05, 0.1) is 18.1 Å². The summed E-state index contributed by atoms with van der Waals surface area (Å²) in [6, 6.07) is 0. The van der Waals surface area contributed by atoms with Crippen LogP contribution in [-0.4, -0.2) is 23.8 Å². The van der Waals surface area contributed by atoms with Gasteiger partial charge in [-0.2, -0.15) is 0 Å². The third-order valence-corrected chi connectivity index (χ3v) is 3.06. The van der Waals surface area contributed by atoms with E-state index in [1.807, 2.05) is 0 Å². The molecule has 0 atom stereocenters. The number of carboxylic acids is 1. The first kappa shape index (κ1) is 12.5. The molecule has 3 nitrogen and oxygen atoms in total. The van der Waals surface area contributed by atoms with Crippen LogP contribution in [0.4, 0.5) is 0 Å². The van der Waals surface area contributed by atoms with Crippen molar-refractivity contribution in [3.63, 3.8) is 0 Å². The molecule has 1 fully saturated rings. The first-order valence-electron chi connectivity index (χ1n) is 5.87. The van der Waals surface area contributed by atoms with Gasteiger partial charge in [0.25, 0.3) is 0 Å². The Labute approximate surface area is 91.8 Å². The molecule has 0 amide bonds. The summed E-state index contributed by atoms with van der Waals surface area (Å²) in [7, 11) is 0. The molecule has 0 aromatic carbocycles. The van der Waals surface area contributed by atoms with Crippen molar-refractivity contribution in [3.8, 4) is 0 Å². The lowest BCUT2D eigenvalue weighted by atomic mass is 9.95. The van der Waals surface area contributed by atoms with Gasteiger partial charge >= 0.3 is 5.97 Å². The Kier molecular flexibility index (Phi) is 4.58. The molecule has 1 N–H and O–H groups in total. The molecule has 0 aliphatic heterocycles. The minimum Gasteiger partial charge on any atom is -0.481 e. The molecule has 0 heterocycles.